The summed E-state index contributed by atoms with van der Waals surface area (Å²) in [7, 11) is 0. The zero-order valence-electron chi connectivity index (χ0n) is 12.7. The predicted octanol–water partition coefficient (Wildman–Crippen LogP) is 2.16. The summed E-state index contributed by atoms with van der Waals surface area (Å²) in [4.78, 5) is 25.8. The van der Waals surface area contributed by atoms with Crippen LogP contribution in [0.2, 0.25) is 0 Å². The molecule has 0 spiro atoms. The van der Waals surface area contributed by atoms with Crippen molar-refractivity contribution in [3.8, 4) is 0 Å². The Morgan fingerprint density at radius 3 is 2.95 bits per heavy atom. The SMILES string of the molecule is Cc1ccc(N)cc1NC(=O)CN1CCC(C)CCC1=O. The van der Waals surface area contributed by atoms with Gasteiger partial charge in [0, 0.05) is 24.3 Å². The molecule has 2 amide bonds. The molecule has 5 nitrogen and oxygen atoms in total. The van der Waals surface area contributed by atoms with Gasteiger partial charge >= 0.3 is 0 Å². The second-order valence-corrected chi connectivity index (χ2v) is 5.87. The molecule has 1 unspecified atom stereocenters. The Kier molecular flexibility index (Phi) is 4.83. The summed E-state index contributed by atoms with van der Waals surface area (Å²) in [6.07, 6.45) is 2.40. The summed E-state index contributed by atoms with van der Waals surface area (Å²) >= 11 is 0. The molecule has 0 saturated carbocycles. The van der Waals surface area contributed by atoms with Gasteiger partial charge in [0.2, 0.25) is 11.8 Å². The minimum Gasteiger partial charge on any atom is -0.399 e. The molecular formula is C16H23N3O2. The number of hydrogen-bond acceptors (Lipinski definition) is 3. The number of amides is 2. The number of carbonyl (C=O) groups excluding carboxylic acids is 2. The van der Waals surface area contributed by atoms with E-state index in [9.17, 15) is 9.59 Å². The maximum atomic E-state index is 12.1. The number of nitrogens with one attached hydrogen (secondary N) is 1. The van der Waals surface area contributed by atoms with Gasteiger partial charge < -0.3 is 16.0 Å². The largest absolute Gasteiger partial charge is 0.399 e. The Bertz CT molecular complexity index is 542. The molecule has 21 heavy (non-hydrogen) atoms. The highest BCUT2D eigenvalue weighted by Crippen LogP contribution is 2.19. The van der Waals surface area contributed by atoms with E-state index in [0.717, 1.165) is 18.4 Å². The highest BCUT2D eigenvalue weighted by Gasteiger charge is 2.22. The van der Waals surface area contributed by atoms with Crippen molar-refractivity contribution in [1.29, 1.82) is 0 Å². The predicted molar refractivity (Wildman–Crippen MR) is 83.8 cm³/mol. The Morgan fingerprint density at radius 2 is 2.19 bits per heavy atom. The first kappa shape index (κ1) is 15.4. The van der Waals surface area contributed by atoms with Crippen molar-refractivity contribution in [3.63, 3.8) is 0 Å². The van der Waals surface area contributed by atoms with Crippen molar-refractivity contribution in [1.82, 2.24) is 4.90 Å². The molecule has 3 N–H and O–H groups in total. The molecule has 0 aliphatic carbocycles. The maximum Gasteiger partial charge on any atom is 0.244 e. The Balaban J connectivity index is 1.97. The molecule has 1 fully saturated rings. The van der Waals surface area contributed by atoms with Gasteiger partial charge in [0.25, 0.3) is 0 Å². The molecule has 1 aliphatic rings. The van der Waals surface area contributed by atoms with E-state index in [1.807, 2.05) is 13.0 Å². The zero-order valence-corrected chi connectivity index (χ0v) is 12.7. The molecule has 0 aromatic heterocycles. The third kappa shape index (κ3) is 4.21. The van der Waals surface area contributed by atoms with Gasteiger partial charge in [-0.2, -0.15) is 0 Å². The van der Waals surface area contributed by atoms with E-state index in [4.69, 9.17) is 5.73 Å². The third-order valence-corrected chi connectivity index (χ3v) is 3.97. The summed E-state index contributed by atoms with van der Waals surface area (Å²) in [5.74, 6) is 0.434. The summed E-state index contributed by atoms with van der Waals surface area (Å²) in [6.45, 7) is 4.82. The van der Waals surface area contributed by atoms with Gasteiger partial charge in [0.05, 0.1) is 6.54 Å². The minimum absolute atomic E-state index is 0.0683. The standard InChI is InChI=1S/C16H23N3O2/c1-11-3-6-16(21)19(8-7-11)10-15(20)18-14-9-13(17)5-4-12(14)2/h4-5,9,11H,3,6-8,10,17H2,1-2H3,(H,18,20). The first-order valence-corrected chi connectivity index (χ1v) is 7.39. The number of hydrogen-bond donors (Lipinski definition) is 2. The lowest BCUT2D eigenvalue weighted by molar-refractivity contribution is -0.134. The van der Waals surface area contributed by atoms with Crippen LogP contribution in [-0.4, -0.2) is 29.8 Å². The van der Waals surface area contributed by atoms with Crippen molar-refractivity contribution in [2.24, 2.45) is 5.92 Å². The molecule has 0 bridgehead atoms. The van der Waals surface area contributed by atoms with Crippen molar-refractivity contribution >= 4 is 23.2 Å². The molecule has 1 aliphatic heterocycles. The number of aryl methyl sites for hydroxylation is 1. The minimum atomic E-state index is -0.174. The Labute approximate surface area is 125 Å². The van der Waals surface area contributed by atoms with Gasteiger partial charge in [-0.3, -0.25) is 9.59 Å². The number of nitrogens with two attached hydrogens (primary N) is 1. The van der Waals surface area contributed by atoms with Gasteiger partial charge in [0.1, 0.15) is 0 Å². The molecule has 1 aromatic rings. The number of nitrogen functional groups attached to an aromatic ring is 1. The first-order chi connectivity index (χ1) is 9.95. The molecule has 5 heteroatoms. The van der Waals surface area contributed by atoms with Crippen LogP contribution in [0.25, 0.3) is 0 Å². The van der Waals surface area contributed by atoms with Crippen LogP contribution in [0.1, 0.15) is 31.7 Å². The molecular weight excluding hydrogens is 266 g/mol. The summed E-state index contributed by atoms with van der Waals surface area (Å²) in [5.41, 5.74) is 7.99. The summed E-state index contributed by atoms with van der Waals surface area (Å²) in [5, 5.41) is 2.84. The van der Waals surface area contributed by atoms with Crippen molar-refractivity contribution in [2.45, 2.75) is 33.1 Å². The van der Waals surface area contributed by atoms with Crippen molar-refractivity contribution in [3.05, 3.63) is 23.8 Å². The van der Waals surface area contributed by atoms with Crippen LogP contribution in [0.4, 0.5) is 11.4 Å². The maximum absolute atomic E-state index is 12.1. The highest BCUT2D eigenvalue weighted by atomic mass is 16.2. The quantitative estimate of drug-likeness (QED) is 0.837. The Morgan fingerprint density at radius 1 is 1.43 bits per heavy atom. The lowest BCUT2D eigenvalue weighted by Crippen LogP contribution is -2.37. The van der Waals surface area contributed by atoms with Gasteiger partial charge in [-0.15, -0.1) is 0 Å². The van der Waals surface area contributed by atoms with Crippen LogP contribution in [0.15, 0.2) is 18.2 Å². The van der Waals surface area contributed by atoms with Crippen LogP contribution in [0, 0.1) is 12.8 Å². The normalized spacial score (nSPS) is 19.2. The second-order valence-electron chi connectivity index (χ2n) is 5.87. The molecule has 1 atom stereocenters. The molecule has 2 rings (SSSR count). The van der Waals surface area contributed by atoms with E-state index >= 15 is 0 Å². The number of anilines is 2. The molecule has 114 valence electrons. The van der Waals surface area contributed by atoms with Crippen LogP contribution in [0.5, 0.6) is 0 Å². The smallest absolute Gasteiger partial charge is 0.244 e. The van der Waals surface area contributed by atoms with Gasteiger partial charge in [-0.25, -0.2) is 0 Å². The van der Waals surface area contributed by atoms with E-state index in [2.05, 4.69) is 12.2 Å². The lowest BCUT2D eigenvalue weighted by Gasteiger charge is -2.20. The summed E-state index contributed by atoms with van der Waals surface area (Å²) in [6, 6.07) is 5.40. The van der Waals surface area contributed by atoms with E-state index in [0.29, 0.717) is 30.3 Å². The lowest BCUT2D eigenvalue weighted by atomic mass is 10.0. The van der Waals surface area contributed by atoms with Crippen LogP contribution < -0.4 is 11.1 Å². The molecule has 1 heterocycles. The van der Waals surface area contributed by atoms with E-state index in [1.54, 1.807) is 17.0 Å². The summed E-state index contributed by atoms with van der Waals surface area (Å²) < 4.78 is 0. The third-order valence-electron chi connectivity index (χ3n) is 3.97. The van der Waals surface area contributed by atoms with Crippen molar-refractivity contribution < 1.29 is 9.59 Å². The van der Waals surface area contributed by atoms with Crippen LogP contribution >= 0.6 is 0 Å². The monoisotopic (exact) mass is 289 g/mol. The van der Waals surface area contributed by atoms with Gasteiger partial charge in [-0.05, 0) is 43.4 Å². The fraction of sp³-hybridized carbons (Fsp3) is 0.500. The fourth-order valence-corrected chi connectivity index (χ4v) is 2.48. The van der Waals surface area contributed by atoms with Gasteiger partial charge in [-0.1, -0.05) is 13.0 Å². The molecule has 1 aromatic carbocycles. The fourth-order valence-electron chi connectivity index (χ4n) is 2.48. The van der Waals surface area contributed by atoms with E-state index in [-0.39, 0.29) is 18.4 Å². The average Bonchev–Trinajstić information content (AvgIpc) is 2.58. The van der Waals surface area contributed by atoms with E-state index < -0.39 is 0 Å². The molecule has 0 radical (unpaired) electrons. The number of rotatable bonds is 3. The zero-order chi connectivity index (χ0) is 15.4. The first-order valence-electron chi connectivity index (χ1n) is 7.39. The van der Waals surface area contributed by atoms with Crippen LogP contribution in [-0.2, 0) is 9.59 Å². The van der Waals surface area contributed by atoms with Crippen molar-refractivity contribution in [2.75, 3.05) is 24.1 Å². The second kappa shape index (κ2) is 6.61. The number of likely N-dealkylation sites (tertiary alicyclic amines) is 1. The molecule has 1 saturated heterocycles. The topological polar surface area (TPSA) is 75.4 Å². The Hall–Kier alpha value is -2.04. The van der Waals surface area contributed by atoms with E-state index in [1.165, 1.54) is 0 Å². The number of nitrogens with zero attached hydrogens (tertiary/aromatic N) is 1. The number of benzene rings is 1. The number of carbonyl (C=O) groups is 2. The van der Waals surface area contributed by atoms with Crippen LogP contribution in [0.3, 0.4) is 0 Å². The highest BCUT2D eigenvalue weighted by molar-refractivity contribution is 5.95. The van der Waals surface area contributed by atoms with Gasteiger partial charge in [0.15, 0.2) is 0 Å². The average molecular weight is 289 g/mol.